The highest BCUT2D eigenvalue weighted by atomic mass is 16.6. The van der Waals surface area contributed by atoms with Gasteiger partial charge in [-0.3, -0.25) is 25.0 Å². The molecular weight excluding hydrogens is 386 g/mol. The predicted octanol–water partition coefficient (Wildman–Crippen LogP) is 2.71. The third kappa shape index (κ3) is 5.85. The normalized spacial score (nSPS) is 10.4. The average Bonchev–Trinajstić information content (AvgIpc) is 2.70. The lowest BCUT2D eigenvalue weighted by Gasteiger charge is -2.07. The number of hydrogen-bond donors (Lipinski definition) is 1. The Balaban J connectivity index is 1.97. The van der Waals surface area contributed by atoms with Gasteiger partial charge in [-0.1, -0.05) is 12.1 Å². The molecule has 0 aliphatic heterocycles. The zero-order valence-electron chi connectivity index (χ0n) is 15.1. The quantitative estimate of drug-likeness (QED) is 0.307. The third-order valence-electron chi connectivity index (χ3n) is 3.55. The minimum Gasteiger partial charge on any atom is -0.496 e. The zero-order chi connectivity index (χ0) is 21.4. The zero-order valence-corrected chi connectivity index (χ0v) is 15.1. The fourth-order valence-corrected chi connectivity index (χ4v) is 2.22. The number of ether oxygens (including phenoxy) is 2. The number of anilines is 1. The lowest BCUT2D eigenvalue weighted by molar-refractivity contribution is -0.385. The summed E-state index contributed by atoms with van der Waals surface area (Å²) in [5, 5.41) is 24.3. The Morgan fingerprint density at radius 1 is 1.07 bits per heavy atom. The molecule has 0 radical (unpaired) electrons. The van der Waals surface area contributed by atoms with E-state index < -0.39 is 28.3 Å². The van der Waals surface area contributed by atoms with E-state index in [9.17, 15) is 29.8 Å². The number of carbonyl (C=O) groups is 2. The molecule has 1 N–H and O–H groups in total. The standard InChI is InChI=1S/C18H15N3O8/c1-28-13-7-8-14(16(10-13)21(26)27)19-17(22)11-29-18(23)9-6-12-4-2-3-5-15(12)20(24)25/h2-10H,11H2,1H3,(H,19,22)/b9-6+. The second-order valence-corrected chi connectivity index (χ2v) is 5.45. The van der Waals surface area contributed by atoms with Crippen molar-refractivity contribution in [1.29, 1.82) is 0 Å². The van der Waals surface area contributed by atoms with E-state index in [0.717, 1.165) is 12.1 Å². The van der Waals surface area contributed by atoms with Crippen molar-refractivity contribution in [2.75, 3.05) is 19.0 Å². The maximum absolute atomic E-state index is 11.9. The summed E-state index contributed by atoms with van der Waals surface area (Å²) in [6.07, 6.45) is 2.12. The molecule has 0 bridgehead atoms. The Morgan fingerprint density at radius 2 is 1.76 bits per heavy atom. The van der Waals surface area contributed by atoms with Crippen LogP contribution in [-0.2, 0) is 14.3 Å². The molecule has 11 nitrogen and oxygen atoms in total. The molecule has 2 aromatic rings. The third-order valence-corrected chi connectivity index (χ3v) is 3.55. The maximum atomic E-state index is 11.9. The summed E-state index contributed by atoms with van der Waals surface area (Å²) in [4.78, 5) is 44.4. The van der Waals surface area contributed by atoms with Crippen molar-refractivity contribution in [3.8, 4) is 5.75 Å². The van der Waals surface area contributed by atoms with Crippen LogP contribution in [0.15, 0.2) is 48.5 Å². The van der Waals surface area contributed by atoms with Gasteiger partial charge in [0.15, 0.2) is 6.61 Å². The summed E-state index contributed by atoms with van der Waals surface area (Å²) in [7, 11) is 1.34. The molecule has 1 amide bonds. The SMILES string of the molecule is COc1ccc(NC(=O)COC(=O)/C=C/c2ccccc2[N+](=O)[O-])c([N+](=O)[O-])c1. The van der Waals surface area contributed by atoms with E-state index in [1.54, 1.807) is 6.07 Å². The number of esters is 1. The number of nitro groups is 2. The largest absolute Gasteiger partial charge is 0.496 e. The lowest BCUT2D eigenvalue weighted by atomic mass is 10.1. The fraction of sp³-hybridized carbons (Fsp3) is 0.111. The van der Waals surface area contributed by atoms with Crippen LogP contribution in [0.25, 0.3) is 6.08 Å². The number of benzene rings is 2. The van der Waals surface area contributed by atoms with E-state index in [1.807, 2.05) is 0 Å². The molecule has 150 valence electrons. The lowest BCUT2D eigenvalue weighted by Crippen LogP contribution is -2.20. The summed E-state index contributed by atoms with van der Waals surface area (Å²) >= 11 is 0. The number of carbonyl (C=O) groups excluding carboxylic acids is 2. The summed E-state index contributed by atoms with van der Waals surface area (Å²) < 4.78 is 9.64. The highest BCUT2D eigenvalue weighted by Gasteiger charge is 2.18. The molecule has 0 saturated carbocycles. The van der Waals surface area contributed by atoms with Crippen LogP contribution in [0.1, 0.15) is 5.56 Å². The van der Waals surface area contributed by atoms with Gasteiger partial charge in [0.1, 0.15) is 11.4 Å². The summed E-state index contributed by atoms with van der Waals surface area (Å²) in [6.45, 7) is -0.705. The number of para-hydroxylation sites is 1. The van der Waals surface area contributed by atoms with E-state index in [2.05, 4.69) is 5.32 Å². The van der Waals surface area contributed by atoms with E-state index in [4.69, 9.17) is 9.47 Å². The van der Waals surface area contributed by atoms with Crippen molar-refractivity contribution < 1.29 is 28.9 Å². The molecule has 0 atom stereocenters. The number of nitro benzene ring substituents is 2. The topological polar surface area (TPSA) is 151 Å². The molecule has 0 aliphatic rings. The number of nitrogens with zero attached hydrogens (tertiary/aromatic N) is 2. The van der Waals surface area contributed by atoms with Gasteiger partial charge in [-0.05, 0) is 24.3 Å². The van der Waals surface area contributed by atoms with Crippen molar-refractivity contribution in [3.05, 3.63) is 74.3 Å². The first kappa shape index (κ1) is 21.0. The number of methoxy groups -OCH3 is 1. The molecule has 0 aliphatic carbocycles. The highest BCUT2D eigenvalue weighted by molar-refractivity contribution is 5.96. The Hall–Kier alpha value is -4.28. The molecule has 11 heteroatoms. The first-order valence-corrected chi connectivity index (χ1v) is 8.02. The Bertz CT molecular complexity index is 987. The van der Waals surface area contributed by atoms with Crippen molar-refractivity contribution in [3.63, 3.8) is 0 Å². The molecule has 2 rings (SSSR count). The van der Waals surface area contributed by atoms with Crippen molar-refractivity contribution in [2.45, 2.75) is 0 Å². The van der Waals surface area contributed by atoms with Crippen LogP contribution >= 0.6 is 0 Å². The van der Waals surface area contributed by atoms with Gasteiger partial charge >= 0.3 is 5.97 Å². The van der Waals surface area contributed by atoms with Crippen LogP contribution in [0.3, 0.4) is 0 Å². The molecule has 0 saturated heterocycles. The molecule has 0 aromatic heterocycles. The Morgan fingerprint density at radius 3 is 2.41 bits per heavy atom. The van der Waals surface area contributed by atoms with Gasteiger partial charge in [0.25, 0.3) is 17.3 Å². The molecule has 0 unspecified atom stereocenters. The highest BCUT2D eigenvalue weighted by Crippen LogP contribution is 2.28. The van der Waals surface area contributed by atoms with E-state index in [1.165, 1.54) is 43.5 Å². The smallest absolute Gasteiger partial charge is 0.331 e. The fourth-order valence-electron chi connectivity index (χ4n) is 2.22. The molecule has 0 spiro atoms. The van der Waals surface area contributed by atoms with Crippen LogP contribution in [0.2, 0.25) is 0 Å². The van der Waals surface area contributed by atoms with Gasteiger partial charge in [-0.15, -0.1) is 0 Å². The predicted molar refractivity (Wildman–Crippen MR) is 101 cm³/mol. The summed E-state index contributed by atoms with van der Waals surface area (Å²) in [5.41, 5.74) is -0.485. The summed E-state index contributed by atoms with van der Waals surface area (Å²) in [5.74, 6) is -1.48. The maximum Gasteiger partial charge on any atom is 0.331 e. The number of hydrogen-bond acceptors (Lipinski definition) is 8. The van der Waals surface area contributed by atoms with Crippen LogP contribution in [0.5, 0.6) is 5.75 Å². The Labute approximate surface area is 163 Å². The van der Waals surface area contributed by atoms with Gasteiger partial charge in [0.2, 0.25) is 0 Å². The first-order valence-electron chi connectivity index (χ1n) is 8.02. The van der Waals surface area contributed by atoms with E-state index in [0.29, 0.717) is 0 Å². The average molecular weight is 401 g/mol. The van der Waals surface area contributed by atoms with Gasteiger partial charge < -0.3 is 14.8 Å². The van der Waals surface area contributed by atoms with Crippen LogP contribution < -0.4 is 10.1 Å². The molecule has 0 fully saturated rings. The van der Waals surface area contributed by atoms with E-state index >= 15 is 0 Å². The first-order chi connectivity index (χ1) is 13.8. The van der Waals surface area contributed by atoms with Crippen molar-refractivity contribution >= 4 is 35.0 Å². The number of nitrogens with one attached hydrogen (secondary N) is 1. The van der Waals surface area contributed by atoms with E-state index in [-0.39, 0.29) is 28.4 Å². The molecule has 2 aromatic carbocycles. The minimum absolute atomic E-state index is 0.0905. The van der Waals surface area contributed by atoms with Gasteiger partial charge in [-0.25, -0.2) is 4.79 Å². The second kappa shape index (κ2) is 9.60. The number of rotatable bonds is 8. The molecule has 0 heterocycles. The Kier molecular flexibility index (Phi) is 6.96. The van der Waals surface area contributed by atoms with Crippen molar-refractivity contribution in [2.24, 2.45) is 0 Å². The van der Waals surface area contributed by atoms with Gasteiger partial charge in [-0.2, -0.15) is 0 Å². The van der Waals surface area contributed by atoms with Crippen molar-refractivity contribution in [1.82, 2.24) is 0 Å². The monoisotopic (exact) mass is 401 g/mol. The molecule has 29 heavy (non-hydrogen) atoms. The van der Waals surface area contributed by atoms with Crippen LogP contribution in [-0.4, -0.2) is 35.4 Å². The summed E-state index contributed by atoms with van der Waals surface area (Å²) in [6, 6.07) is 9.60. The van der Waals surface area contributed by atoms with Gasteiger partial charge in [0.05, 0.1) is 28.6 Å². The van der Waals surface area contributed by atoms with Crippen LogP contribution in [0.4, 0.5) is 17.1 Å². The van der Waals surface area contributed by atoms with Gasteiger partial charge in [0, 0.05) is 12.1 Å². The second-order valence-electron chi connectivity index (χ2n) is 5.45. The van der Waals surface area contributed by atoms with Crippen LogP contribution in [0, 0.1) is 20.2 Å². The molecular formula is C18H15N3O8. The number of amides is 1. The minimum atomic E-state index is -0.914.